The molecular weight excluding hydrogens is 182 g/mol. The molecule has 0 bridgehead atoms. The molecular formula is C7H12ClNO3. The van der Waals surface area contributed by atoms with Crippen LogP contribution in [0.15, 0.2) is 0 Å². The van der Waals surface area contributed by atoms with Gasteiger partial charge in [0.1, 0.15) is 5.78 Å². The van der Waals surface area contributed by atoms with Crippen LogP contribution in [0.5, 0.6) is 0 Å². The van der Waals surface area contributed by atoms with E-state index >= 15 is 0 Å². The maximum atomic E-state index is 10.9. The van der Waals surface area contributed by atoms with Gasteiger partial charge in [-0.05, 0) is 0 Å². The highest BCUT2D eigenvalue weighted by Crippen LogP contribution is 2.21. The lowest BCUT2D eigenvalue weighted by Crippen LogP contribution is -2.31. The second kappa shape index (κ2) is 4.42. The number of ketones is 1. The number of hydrogen-bond acceptors (Lipinski definition) is 4. The van der Waals surface area contributed by atoms with Crippen molar-refractivity contribution in [3.8, 4) is 0 Å². The van der Waals surface area contributed by atoms with Crippen molar-refractivity contribution in [2.75, 3.05) is 7.11 Å². The van der Waals surface area contributed by atoms with Crippen LogP contribution in [-0.4, -0.2) is 24.9 Å². The maximum Gasteiger partial charge on any atom is 0.310 e. The van der Waals surface area contributed by atoms with E-state index in [4.69, 9.17) is 5.73 Å². The van der Waals surface area contributed by atoms with Crippen LogP contribution >= 0.6 is 12.4 Å². The summed E-state index contributed by atoms with van der Waals surface area (Å²) in [5, 5.41) is 0. The van der Waals surface area contributed by atoms with E-state index in [0.29, 0.717) is 6.42 Å². The van der Waals surface area contributed by atoms with Crippen molar-refractivity contribution in [3.05, 3.63) is 0 Å². The van der Waals surface area contributed by atoms with Crippen LogP contribution in [0.1, 0.15) is 12.8 Å². The number of carbonyl (C=O) groups excluding carboxylic acids is 2. The van der Waals surface area contributed by atoms with Crippen molar-refractivity contribution in [2.45, 2.75) is 18.9 Å². The molecule has 2 N–H and O–H groups in total. The molecule has 1 rings (SSSR count). The number of carbonyl (C=O) groups is 2. The molecule has 0 amide bonds. The first-order valence-electron chi connectivity index (χ1n) is 3.50. The van der Waals surface area contributed by atoms with Gasteiger partial charge in [0.25, 0.3) is 0 Å². The molecule has 0 saturated heterocycles. The molecule has 1 fully saturated rings. The topological polar surface area (TPSA) is 69.4 Å². The Balaban J connectivity index is 0.00000121. The predicted molar refractivity (Wildman–Crippen MR) is 45.0 cm³/mol. The molecule has 0 heterocycles. The third-order valence-corrected chi connectivity index (χ3v) is 1.93. The molecule has 1 aliphatic rings. The molecule has 12 heavy (non-hydrogen) atoms. The number of nitrogens with two attached hydrogens (primary N) is 1. The fraction of sp³-hybridized carbons (Fsp3) is 0.714. The third kappa shape index (κ3) is 2.19. The minimum absolute atomic E-state index is 0. The number of hydrogen-bond donors (Lipinski definition) is 1. The van der Waals surface area contributed by atoms with Crippen LogP contribution < -0.4 is 5.73 Å². The van der Waals surface area contributed by atoms with E-state index in [1.165, 1.54) is 7.11 Å². The minimum atomic E-state index is -0.410. The highest BCUT2D eigenvalue weighted by molar-refractivity contribution is 5.89. The van der Waals surface area contributed by atoms with E-state index in [9.17, 15) is 9.59 Å². The SMILES string of the molecule is COC(=O)[C@@H]1CC(=O)C[C@@H]1N.Cl. The molecule has 0 spiro atoms. The second-order valence-corrected chi connectivity index (χ2v) is 2.74. The summed E-state index contributed by atoms with van der Waals surface area (Å²) in [5.41, 5.74) is 5.52. The average molecular weight is 194 g/mol. The lowest BCUT2D eigenvalue weighted by molar-refractivity contribution is -0.146. The van der Waals surface area contributed by atoms with E-state index in [1.54, 1.807) is 0 Å². The fourth-order valence-corrected chi connectivity index (χ4v) is 1.29. The van der Waals surface area contributed by atoms with E-state index < -0.39 is 5.92 Å². The van der Waals surface area contributed by atoms with Crippen LogP contribution in [0.25, 0.3) is 0 Å². The van der Waals surface area contributed by atoms with E-state index in [-0.39, 0.29) is 36.6 Å². The monoisotopic (exact) mass is 193 g/mol. The number of methoxy groups -OCH3 is 1. The molecule has 0 aliphatic heterocycles. The first-order chi connectivity index (χ1) is 5.15. The summed E-state index contributed by atoms with van der Waals surface area (Å²) >= 11 is 0. The summed E-state index contributed by atoms with van der Waals surface area (Å²) in [5.74, 6) is -0.733. The van der Waals surface area contributed by atoms with E-state index in [0.717, 1.165) is 0 Å². The fourth-order valence-electron chi connectivity index (χ4n) is 1.29. The highest BCUT2D eigenvalue weighted by Gasteiger charge is 2.36. The summed E-state index contributed by atoms with van der Waals surface area (Å²) in [6.45, 7) is 0. The Hall–Kier alpha value is -0.610. The largest absolute Gasteiger partial charge is 0.469 e. The maximum absolute atomic E-state index is 10.9. The molecule has 1 aliphatic carbocycles. The summed E-state index contributed by atoms with van der Waals surface area (Å²) in [7, 11) is 1.30. The van der Waals surface area contributed by atoms with Crippen molar-refractivity contribution < 1.29 is 14.3 Å². The number of halogens is 1. The van der Waals surface area contributed by atoms with Crippen molar-refractivity contribution in [2.24, 2.45) is 11.7 Å². The van der Waals surface area contributed by atoms with Crippen molar-refractivity contribution in [1.29, 1.82) is 0 Å². The summed E-state index contributed by atoms with van der Waals surface area (Å²) < 4.78 is 4.48. The number of ether oxygens (including phenoxy) is 1. The van der Waals surface area contributed by atoms with Gasteiger partial charge in [0.15, 0.2) is 0 Å². The second-order valence-electron chi connectivity index (χ2n) is 2.74. The Morgan fingerprint density at radius 2 is 2.17 bits per heavy atom. The number of Topliss-reactive ketones (excluding diaryl/α,β-unsaturated/α-hetero) is 1. The van der Waals surface area contributed by atoms with Crippen molar-refractivity contribution >= 4 is 24.2 Å². The average Bonchev–Trinajstić information content (AvgIpc) is 2.28. The normalized spacial score (nSPS) is 28.0. The minimum Gasteiger partial charge on any atom is -0.469 e. The lowest BCUT2D eigenvalue weighted by Gasteiger charge is -2.10. The number of rotatable bonds is 1. The number of esters is 1. The molecule has 0 unspecified atom stereocenters. The van der Waals surface area contributed by atoms with Gasteiger partial charge in [-0.2, -0.15) is 0 Å². The van der Waals surface area contributed by atoms with E-state index in [2.05, 4.69) is 4.74 Å². The molecule has 2 atom stereocenters. The molecule has 0 radical (unpaired) electrons. The lowest BCUT2D eigenvalue weighted by atomic mass is 10.1. The zero-order valence-electron chi connectivity index (χ0n) is 6.78. The molecule has 0 aromatic carbocycles. The Morgan fingerprint density at radius 1 is 1.58 bits per heavy atom. The Bertz CT molecular complexity index is 195. The zero-order chi connectivity index (χ0) is 8.43. The van der Waals surface area contributed by atoms with Gasteiger partial charge < -0.3 is 10.5 Å². The van der Waals surface area contributed by atoms with Crippen LogP contribution in [-0.2, 0) is 14.3 Å². The van der Waals surface area contributed by atoms with Gasteiger partial charge in [0.05, 0.1) is 13.0 Å². The van der Waals surface area contributed by atoms with Gasteiger partial charge in [-0.1, -0.05) is 0 Å². The van der Waals surface area contributed by atoms with Crippen molar-refractivity contribution in [1.82, 2.24) is 0 Å². The molecule has 0 aromatic heterocycles. The smallest absolute Gasteiger partial charge is 0.310 e. The van der Waals surface area contributed by atoms with Crippen LogP contribution in [0, 0.1) is 5.92 Å². The first-order valence-corrected chi connectivity index (χ1v) is 3.50. The van der Waals surface area contributed by atoms with Gasteiger partial charge in [0.2, 0.25) is 0 Å². The molecule has 5 heteroatoms. The summed E-state index contributed by atoms with van der Waals surface area (Å²) in [6, 6.07) is -0.338. The summed E-state index contributed by atoms with van der Waals surface area (Å²) in [4.78, 5) is 21.7. The van der Waals surface area contributed by atoms with Gasteiger partial charge in [-0.25, -0.2) is 0 Å². The van der Waals surface area contributed by atoms with Crippen LogP contribution in [0.4, 0.5) is 0 Å². The Kier molecular flexibility index (Phi) is 4.20. The van der Waals surface area contributed by atoms with Crippen LogP contribution in [0.3, 0.4) is 0 Å². The zero-order valence-corrected chi connectivity index (χ0v) is 7.60. The highest BCUT2D eigenvalue weighted by atomic mass is 35.5. The molecule has 4 nitrogen and oxygen atoms in total. The predicted octanol–water partition coefficient (Wildman–Crippen LogP) is -0.112. The molecule has 1 saturated carbocycles. The standard InChI is InChI=1S/C7H11NO3.ClH/c1-11-7(10)5-2-4(9)3-6(5)8;/h5-6H,2-3,8H2,1H3;1H/t5-,6+;/m1./s1. The molecule has 0 aromatic rings. The van der Waals surface area contributed by atoms with Gasteiger partial charge in [0, 0.05) is 18.9 Å². The van der Waals surface area contributed by atoms with Crippen LogP contribution in [0.2, 0.25) is 0 Å². The van der Waals surface area contributed by atoms with Gasteiger partial charge in [-0.3, -0.25) is 9.59 Å². The first kappa shape index (κ1) is 11.4. The van der Waals surface area contributed by atoms with Gasteiger partial charge in [-0.15, -0.1) is 12.4 Å². The van der Waals surface area contributed by atoms with Gasteiger partial charge >= 0.3 is 5.97 Å². The quantitative estimate of drug-likeness (QED) is 0.590. The summed E-state index contributed by atoms with van der Waals surface area (Å²) in [6.07, 6.45) is 0.549. The van der Waals surface area contributed by atoms with E-state index in [1.807, 2.05) is 0 Å². The molecule has 70 valence electrons. The Morgan fingerprint density at radius 3 is 2.50 bits per heavy atom. The Labute approximate surface area is 76.9 Å². The van der Waals surface area contributed by atoms with Crippen molar-refractivity contribution in [3.63, 3.8) is 0 Å². The third-order valence-electron chi connectivity index (χ3n) is 1.93.